The highest BCUT2D eigenvalue weighted by molar-refractivity contribution is 5.24. The molecule has 1 unspecified atom stereocenters. The van der Waals surface area contributed by atoms with Crippen LogP contribution in [0.3, 0.4) is 0 Å². The Bertz CT molecular complexity index is 334. The minimum absolute atomic E-state index is 0.0107. The highest BCUT2D eigenvalue weighted by atomic mass is 19.3. The zero-order chi connectivity index (χ0) is 12.7. The Balaban J connectivity index is 2.53. The number of nitrogens with one attached hydrogen (secondary N) is 1. The third-order valence-electron chi connectivity index (χ3n) is 2.39. The van der Waals surface area contributed by atoms with Crippen molar-refractivity contribution in [2.75, 3.05) is 20.3 Å². The first-order valence-corrected chi connectivity index (χ1v) is 5.37. The zero-order valence-corrected chi connectivity index (χ0v) is 9.70. The summed E-state index contributed by atoms with van der Waals surface area (Å²) >= 11 is 0. The molecular weight excluding hydrogens is 228 g/mol. The van der Waals surface area contributed by atoms with Gasteiger partial charge in [0.15, 0.2) is 0 Å². The third kappa shape index (κ3) is 4.77. The van der Waals surface area contributed by atoms with Crippen LogP contribution in [0.15, 0.2) is 24.3 Å². The maximum absolute atomic E-state index is 12.5. The molecule has 17 heavy (non-hydrogen) atoms. The lowest BCUT2D eigenvalue weighted by Crippen LogP contribution is -2.35. The monoisotopic (exact) mass is 245 g/mol. The first-order chi connectivity index (χ1) is 8.17. The summed E-state index contributed by atoms with van der Waals surface area (Å²) in [7, 11) is 1.54. The Morgan fingerprint density at radius 2 is 2.18 bits per heavy atom. The summed E-state index contributed by atoms with van der Waals surface area (Å²) in [6.07, 6.45) is -2.46. The van der Waals surface area contributed by atoms with Crippen molar-refractivity contribution in [1.29, 1.82) is 0 Å². The number of rotatable bonds is 7. The molecule has 0 saturated heterocycles. The number of aliphatic hydroxyl groups excluding tert-OH is 1. The van der Waals surface area contributed by atoms with Crippen LogP contribution < -0.4 is 5.32 Å². The molecule has 0 aromatic heterocycles. The fourth-order valence-electron chi connectivity index (χ4n) is 1.48. The Labute approximate surface area is 99.4 Å². The lowest BCUT2D eigenvalue weighted by molar-refractivity contribution is 0.128. The van der Waals surface area contributed by atoms with Gasteiger partial charge in [0.2, 0.25) is 0 Å². The molecule has 0 amide bonds. The Morgan fingerprint density at radius 3 is 2.76 bits per heavy atom. The number of ether oxygens (including phenoxy) is 1. The molecular formula is C12H17F2NO2. The second-order valence-corrected chi connectivity index (χ2v) is 3.76. The molecule has 0 fully saturated rings. The summed E-state index contributed by atoms with van der Waals surface area (Å²) in [5.74, 6) is 0. The number of hydrogen-bond acceptors (Lipinski definition) is 3. The molecule has 5 heteroatoms. The van der Waals surface area contributed by atoms with Gasteiger partial charge < -0.3 is 15.2 Å². The van der Waals surface area contributed by atoms with Gasteiger partial charge in [0.25, 0.3) is 6.43 Å². The molecule has 0 aliphatic heterocycles. The maximum Gasteiger partial charge on any atom is 0.263 e. The molecule has 96 valence electrons. The minimum atomic E-state index is -2.46. The van der Waals surface area contributed by atoms with Crippen molar-refractivity contribution in [3.63, 3.8) is 0 Å². The number of halogens is 2. The second kappa shape index (κ2) is 7.32. The normalized spacial score (nSPS) is 13.0. The molecule has 0 heterocycles. The van der Waals surface area contributed by atoms with Crippen LogP contribution in [0.1, 0.15) is 17.6 Å². The van der Waals surface area contributed by atoms with Gasteiger partial charge >= 0.3 is 0 Å². The summed E-state index contributed by atoms with van der Waals surface area (Å²) in [6.45, 7) is 0.753. The average Bonchev–Trinajstić information content (AvgIpc) is 2.34. The molecule has 0 bridgehead atoms. The molecule has 1 aromatic rings. The van der Waals surface area contributed by atoms with Crippen LogP contribution in [0.4, 0.5) is 8.78 Å². The van der Waals surface area contributed by atoms with Crippen LogP contribution in [-0.4, -0.2) is 31.5 Å². The first-order valence-electron chi connectivity index (χ1n) is 5.37. The Hall–Kier alpha value is -1.04. The number of aliphatic hydroxyl groups is 1. The Morgan fingerprint density at radius 1 is 1.41 bits per heavy atom. The molecule has 3 nitrogen and oxygen atoms in total. The van der Waals surface area contributed by atoms with Crippen LogP contribution in [0.2, 0.25) is 0 Å². The number of benzene rings is 1. The lowest BCUT2D eigenvalue weighted by atomic mass is 10.1. The smallest absolute Gasteiger partial charge is 0.263 e. The van der Waals surface area contributed by atoms with Crippen molar-refractivity contribution in [1.82, 2.24) is 5.32 Å². The van der Waals surface area contributed by atoms with E-state index in [2.05, 4.69) is 5.32 Å². The largest absolute Gasteiger partial charge is 0.395 e. The third-order valence-corrected chi connectivity index (χ3v) is 2.39. The zero-order valence-electron chi connectivity index (χ0n) is 9.70. The summed E-state index contributed by atoms with van der Waals surface area (Å²) in [5.41, 5.74) is 0.772. The van der Waals surface area contributed by atoms with Crippen molar-refractivity contribution >= 4 is 0 Å². The molecule has 0 aliphatic carbocycles. The molecule has 1 rings (SSSR count). The van der Waals surface area contributed by atoms with Gasteiger partial charge in [-0.05, 0) is 11.6 Å². The summed E-state index contributed by atoms with van der Waals surface area (Å²) < 4.78 is 29.8. The van der Waals surface area contributed by atoms with Gasteiger partial charge in [0, 0.05) is 19.2 Å². The van der Waals surface area contributed by atoms with Crippen molar-refractivity contribution < 1.29 is 18.6 Å². The van der Waals surface area contributed by atoms with Crippen LogP contribution in [0.5, 0.6) is 0 Å². The fraction of sp³-hybridized carbons (Fsp3) is 0.500. The van der Waals surface area contributed by atoms with Crippen molar-refractivity contribution in [3.8, 4) is 0 Å². The topological polar surface area (TPSA) is 41.5 Å². The SMILES string of the molecule is COCC(CO)NCc1cccc(C(F)F)c1. The number of alkyl halides is 2. The maximum atomic E-state index is 12.5. The summed E-state index contributed by atoms with van der Waals surface area (Å²) in [4.78, 5) is 0. The minimum Gasteiger partial charge on any atom is -0.395 e. The quantitative estimate of drug-likeness (QED) is 0.768. The van der Waals surface area contributed by atoms with Gasteiger partial charge in [-0.1, -0.05) is 18.2 Å². The second-order valence-electron chi connectivity index (χ2n) is 3.76. The van der Waals surface area contributed by atoms with Crippen molar-refractivity contribution in [3.05, 3.63) is 35.4 Å². The molecule has 1 aromatic carbocycles. The van der Waals surface area contributed by atoms with Crippen LogP contribution in [-0.2, 0) is 11.3 Å². The van der Waals surface area contributed by atoms with Crippen LogP contribution in [0, 0.1) is 0 Å². The Kier molecular flexibility index (Phi) is 6.04. The molecule has 0 radical (unpaired) electrons. The van der Waals surface area contributed by atoms with Gasteiger partial charge in [-0.15, -0.1) is 0 Å². The van der Waals surface area contributed by atoms with E-state index in [4.69, 9.17) is 9.84 Å². The standard InChI is InChI=1S/C12H17F2NO2/c1-17-8-11(7-16)15-6-9-3-2-4-10(5-9)12(13)14/h2-5,11-12,15-16H,6-8H2,1H3. The van der Waals surface area contributed by atoms with E-state index >= 15 is 0 Å². The first kappa shape index (κ1) is 14.0. The van der Waals surface area contributed by atoms with E-state index < -0.39 is 6.43 Å². The average molecular weight is 245 g/mol. The summed E-state index contributed by atoms with van der Waals surface area (Å²) in [6, 6.07) is 6.03. The van der Waals surface area contributed by atoms with Crippen LogP contribution in [0.25, 0.3) is 0 Å². The van der Waals surface area contributed by atoms with Gasteiger partial charge in [0.05, 0.1) is 19.3 Å². The molecule has 0 aliphatic rings. The van der Waals surface area contributed by atoms with E-state index in [1.54, 1.807) is 19.2 Å². The predicted molar refractivity (Wildman–Crippen MR) is 61.0 cm³/mol. The van der Waals surface area contributed by atoms with Crippen molar-refractivity contribution in [2.24, 2.45) is 0 Å². The summed E-state index contributed by atoms with van der Waals surface area (Å²) in [5, 5.41) is 12.0. The predicted octanol–water partition coefficient (Wildman–Crippen LogP) is 1.72. The van der Waals surface area contributed by atoms with E-state index in [0.717, 1.165) is 5.56 Å². The van der Waals surface area contributed by atoms with Crippen molar-refractivity contribution in [2.45, 2.75) is 19.0 Å². The van der Waals surface area contributed by atoms with Gasteiger partial charge in [-0.3, -0.25) is 0 Å². The molecule has 1 atom stereocenters. The highest BCUT2D eigenvalue weighted by Crippen LogP contribution is 2.19. The van der Waals surface area contributed by atoms with E-state index in [0.29, 0.717) is 13.2 Å². The van der Waals surface area contributed by atoms with Gasteiger partial charge in [-0.2, -0.15) is 0 Å². The highest BCUT2D eigenvalue weighted by Gasteiger charge is 2.09. The van der Waals surface area contributed by atoms with Crippen LogP contribution >= 0.6 is 0 Å². The number of methoxy groups -OCH3 is 1. The molecule has 2 N–H and O–H groups in total. The lowest BCUT2D eigenvalue weighted by Gasteiger charge is -2.15. The van der Waals surface area contributed by atoms with E-state index in [9.17, 15) is 8.78 Å². The van der Waals surface area contributed by atoms with E-state index in [1.807, 2.05) is 0 Å². The molecule has 0 saturated carbocycles. The fourth-order valence-corrected chi connectivity index (χ4v) is 1.48. The number of hydrogen-bond donors (Lipinski definition) is 2. The van der Waals surface area contributed by atoms with Gasteiger partial charge in [0.1, 0.15) is 0 Å². The van der Waals surface area contributed by atoms with E-state index in [1.165, 1.54) is 12.1 Å². The van der Waals surface area contributed by atoms with Gasteiger partial charge in [-0.25, -0.2) is 8.78 Å². The van der Waals surface area contributed by atoms with E-state index in [-0.39, 0.29) is 18.2 Å². The molecule has 0 spiro atoms.